The average molecular weight is 936 g/mol. The molecule has 5 aliphatic heterocycles. The minimum atomic E-state index is -1.96. The van der Waals surface area contributed by atoms with Crippen molar-refractivity contribution < 1.29 is 83.7 Å². The maximum absolute atomic E-state index is 13.9. The van der Waals surface area contributed by atoms with Crippen molar-refractivity contribution in [1.29, 1.82) is 0 Å². The van der Waals surface area contributed by atoms with Gasteiger partial charge in [0.25, 0.3) is 5.91 Å². The lowest BCUT2D eigenvalue weighted by atomic mass is 10.0. The highest BCUT2D eigenvalue weighted by Crippen LogP contribution is 2.35. The molecule has 10 N–H and O–H groups in total. The number of amides is 2. The zero-order chi connectivity index (χ0) is 45.4. The Labute approximate surface area is 370 Å². The fraction of sp³-hybridized carbons (Fsp3) is 0.525. The molecule has 5 aliphatic rings. The highest BCUT2D eigenvalue weighted by molar-refractivity contribution is 6.32. The average Bonchev–Trinajstić information content (AvgIpc) is 3.78. The van der Waals surface area contributed by atoms with Crippen LogP contribution in [0.15, 0.2) is 94.3 Å². The molecule has 22 heteroatoms. The maximum Gasteiger partial charge on any atom is 0.264 e. The third kappa shape index (κ3) is 12.1. The Morgan fingerprint density at radius 3 is 2.10 bits per heavy atom. The van der Waals surface area contributed by atoms with Crippen molar-refractivity contribution in [3.63, 3.8) is 0 Å². The fourth-order valence-corrected chi connectivity index (χ4v) is 7.90. The van der Waals surface area contributed by atoms with E-state index in [1.807, 2.05) is 6.92 Å². The van der Waals surface area contributed by atoms with E-state index >= 15 is 0 Å². The van der Waals surface area contributed by atoms with Gasteiger partial charge >= 0.3 is 0 Å². The summed E-state index contributed by atoms with van der Waals surface area (Å²) in [6.45, 7) is 0.776. The van der Waals surface area contributed by atoms with Gasteiger partial charge in [-0.15, -0.1) is 11.6 Å². The van der Waals surface area contributed by atoms with E-state index in [9.17, 15) is 55.2 Å². The van der Waals surface area contributed by atoms with Crippen molar-refractivity contribution >= 4 is 52.4 Å². The highest BCUT2D eigenvalue weighted by atomic mass is 35.5. The van der Waals surface area contributed by atoms with Crippen LogP contribution in [-0.4, -0.2) is 174 Å². The Kier molecular flexibility index (Phi) is 18.1. The number of ether oxygens (including phenoxy) is 6. The van der Waals surface area contributed by atoms with E-state index in [2.05, 4.69) is 0 Å². The lowest BCUT2D eigenvalue weighted by Gasteiger charge is -2.46. The van der Waals surface area contributed by atoms with Crippen LogP contribution in [0.2, 0.25) is 0 Å². The Balaban J connectivity index is 1.22. The van der Waals surface area contributed by atoms with E-state index in [4.69, 9.17) is 69.0 Å². The quantitative estimate of drug-likeness (QED) is 0.0332. The third-order valence-electron chi connectivity index (χ3n) is 10.2. The van der Waals surface area contributed by atoms with Gasteiger partial charge in [-0.3, -0.25) is 19.3 Å². The molecule has 0 aliphatic carbocycles. The molecule has 5 heterocycles. The number of aliphatic hydroxyl groups excluding tert-OH is 8. The minimum Gasteiger partial charge on any atom is -0.507 e. The van der Waals surface area contributed by atoms with Crippen LogP contribution < -0.4 is 5.73 Å². The first-order valence-corrected chi connectivity index (χ1v) is 20.5. The normalized spacial score (nSPS) is 39.9. The van der Waals surface area contributed by atoms with E-state index in [0.29, 0.717) is 21.4 Å². The number of allylic oxidation sites excluding steroid dienone is 13. The molecule has 5 rings (SSSR count). The lowest BCUT2D eigenvalue weighted by Crippen LogP contribution is -2.65. The molecule has 19 nitrogen and oxygen atoms in total. The van der Waals surface area contributed by atoms with Crippen molar-refractivity contribution in [3.8, 4) is 0 Å². The van der Waals surface area contributed by atoms with Gasteiger partial charge in [0.1, 0.15) is 72.3 Å². The number of ketones is 1. The van der Waals surface area contributed by atoms with Gasteiger partial charge in [-0.2, -0.15) is 0 Å². The Morgan fingerprint density at radius 2 is 1.47 bits per heavy atom. The summed E-state index contributed by atoms with van der Waals surface area (Å²) in [5.74, 6) is -3.98. The second-order valence-corrected chi connectivity index (χ2v) is 16.2. The first-order chi connectivity index (χ1) is 29.4. The summed E-state index contributed by atoms with van der Waals surface area (Å²) in [5, 5.41) is 84.1. The topological polar surface area (TPSA) is 298 Å². The number of carbonyl (C=O) groups excluding carboxylic acids is 3. The molecular formula is C40H49Cl3N2O17. The molecule has 0 unspecified atom stereocenters. The van der Waals surface area contributed by atoms with E-state index in [0.717, 1.165) is 6.08 Å². The van der Waals surface area contributed by atoms with E-state index in [1.54, 1.807) is 54.7 Å². The molecule has 0 aromatic carbocycles. The molecule has 16 atom stereocenters. The molecular weight excluding hydrogens is 887 g/mol. The molecule has 5 fully saturated rings. The van der Waals surface area contributed by atoms with Gasteiger partial charge in [0.2, 0.25) is 5.91 Å². The second-order valence-electron chi connectivity index (χ2n) is 14.7. The van der Waals surface area contributed by atoms with Crippen LogP contribution in [0.25, 0.3) is 0 Å². The molecule has 2 amide bonds. The van der Waals surface area contributed by atoms with Gasteiger partial charge in [-0.05, 0) is 37.6 Å². The van der Waals surface area contributed by atoms with E-state index < -0.39 is 129 Å². The van der Waals surface area contributed by atoms with E-state index in [-0.39, 0.29) is 17.6 Å². The second kappa shape index (κ2) is 22.5. The molecule has 5 saturated heterocycles. The monoisotopic (exact) mass is 934 g/mol. The van der Waals surface area contributed by atoms with Crippen molar-refractivity contribution in [2.45, 2.75) is 117 Å². The number of rotatable bonds is 15. The van der Waals surface area contributed by atoms with Gasteiger partial charge in [0, 0.05) is 10.1 Å². The fourth-order valence-electron chi connectivity index (χ4n) is 6.97. The van der Waals surface area contributed by atoms with Crippen molar-refractivity contribution in [2.24, 2.45) is 5.73 Å². The number of carbonyl (C=O) groups is 3. The van der Waals surface area contributed by atoms with Crippen LogP contribution in [0.4, 0.5) is 0 Å². The summed E-state index contributed by atoms with van der Waals surface area (Å²) in [7, 11) is 0. The zero-order valence-electron chi connectivity index (χ0n) is 32.9. The summed E-state index contributed by atoms with van der Waals surface area (Å²) >= 11 is 18.8. The third-order valence-corrected chi connectivity index (χ3v) is 11.2. The largest absolute Gasteiger partial charge is 0.507 e. The van der Waals surface area contributed by atoms with Gasteiger partial charge in [0.15, 0.2) is 30.9 Å². The Hall–Kier alpha value is -3.32. The first-order valence-electron chi connectivity index (χ1n) is 19.3. The SMILES string of the molecule is C[C@@H]1C[C@H](Cl)[C@@H](/C(Cl)=C/C=C/C(Cl)=C/C=C/C=C/C=C/C=C/C(O)=C2\C(=O)[C@H](CC(N)=O)N([C@H]3OC[C@@H](O)[C@H](O)[C@H]3O[C@@H]3OC[C@@H](O[C@@H]4O[C@H](O)[C@@H](O)[C@@H]4O)[C@H](O)[C@@H]3O)C2=O)O1. The summed E-state index contributed by atoms with van der Waals surface area (Å²) < 4.78 is 32.9. The van der Waals surface area contributed by atoms with Crippen LogP contribution in [0.5, 0.6) is 0 Å². The van der Waals surface area contributed by atoms with Gasteiger partial charge in [-0.1, -0.05) is 71.8 Å². The number of nitrogens with zero attached hydrogens (tertiary/aromatic N) is 1. The van der Waals surface area contributed by atoms with Gasteiger partial charge in [-0.25, -0.2) is 0 Å². The Morgan fingerprint density at radius 1 is 0.806 bits per heavy atom. The highest BCUT2D eigenvalue weighted by Gasteiger charge is 2.56. The summed E-state index contributed by atoms with van der Waals surface area (Å²) in [4.78, 5) is 40.3. The van der Waals surface area contributed by atoms with Crippen LogP contribution in [0.3, 0.4) is 0 Å². The molecule has 0 saturated carbocycles. The number of hydrogen-bond donors (Lipinski definition) is 9. The predicted octanol–water partition coefficient (Wildman–Crippen LogP) is -0.412. The summed E-state index contributed by atoms with van der Waals surface area (Å²) in [6, 6.07) is -1.67. The molecule has 342 valence electrons. The number of aliphatic hydroxyl groups is 8. The number of primary amides is 1. The smallest absolute Gasteiger partial charge is 0.264 e. The Bertz CT molecular complexity index is 1870. The van der Waals surface area contributed by atoms with Crippen LogP contribution in [0, 0.1) is 0 Å². The predicted molar refractivity (Wildman–Crippen MR) is 217 cm³/mol. The van der Waals surface area contributed by atoms with Crippen molar-refractivity contribution in [3.05, 3.63) is 94.3 Å². The standard InChI is InChI=1S/C40H49Cl3N2O17/c1-18-14-21(43)34(59-18)20(42)12-9-11-19(41)10-7-5-3-2-4-6-8-13-23(46)27-28(49)22(15-26(44)48)45(36(27)55)37-35(29(50)24(47)16-57-37)61-39-32(53)30(51)25(17-58-39)60-40-33(54)31(52)38(56)62-40/h2-13,18,21-22,24-25,29-35,37-40,46-47,50-54,56H,14-17H2,1H3,(H2,44,48)/b3-2+,6-4+,7-5+,11-9+,13-8+,19-10-,20-12-,27-23-/t18-,21+,22+,24-,25-,29+,30+,31+,32+,33+,34-,35-,37+,38+,39+,40-/m1/s1. The molecule has 0 aromatic rings. The van der Waals surface area contributed by atoms with Crippen LogP contribution in [0.1, 0.15) is 19.8 Å². The number of nitrogens with two attached hydrogens (primary N) is 1. The number of hydrogen-bond acceptors (Lipinski definition) is 17. The number of halogens is 3. The van der Waals surface area contributed by atoms with Crippen molar-refractivity contribution in [1.82, 2.24) is 4.90 Å². The molecule has 62 heavy (non-hydrogen) atoms. The van der Waals surface area contributed by atoms with Gasteiger partial charge < -0.3 is 75.0 Å². The number of alkyl halides is 1. The van der Waals surface area contributed by atoms with Crippen LogP contribution in [-0.2, 0) is 42.8 Å². The van der Waals surface area contributed by atoms with Gasteiger partial charge in [0.05, 0.1) is 31.1 Å². The number of likely N-dealkylation sites (tertiary alicyclic amines) is 1. The molecule has 0 radical (unpaired) electrons. The zero-order valence-corrected chi connectivity index (χ0v) is 35.2. The summed E-state index contributed by atoms with van der Waals surface area (Å²) in [5.41, 5.74) is 4.66. The van der Waals surface area contributed by atoms with Crippen LogP contribution >= 0.6 is 34.8 Å². The molecule has 0 bridgehead atoms. The van der Waals surface area contributed by atoms with Crippen molar-refractivity contribution in [2.75, 3.05) is 13.2 Å². The van der Waals surface area contributed by atoms with E-state index in [1.165, 1.54) is 12.2 Å². The first kappa shape index (κ1) is 49.7. The summed E-state index contributed by atoms with van der Waals surface area (Å²) in [6.07, 6.45) is -2.57. The minimum absolute atomic E-state index is 0.0238. The molecule has 0 spiro atoms. The maximum atomic E-state index is 13.9. The lowest BCUT2D eigenvalue weighted by molar-refractivity contribution is -0.339. The molecule has 0 aromatic heterocycles. The number of Topliss-reactive ketones (excluding diaryl/α,β-unsaturated/α-hetero) is 1.